The van der Waals surface area contributed by atoms with Crippen molar-refractivity contribution in [3.63, 3.8) is 0 Å². The molecule has 0 saturated heterocycles. The molecule has 0 unspecified atom stereocenters. The predicted octanol–water partition coefficient (Wildman–Crippen LogP) is 2.00. The monoisotopic (exact) mass is 197 g/mol. The Balaban J connectivity index is 0.000000791. The molecule has 0 spiro atoms. The van der Waals surface area contributed by atoms with Crippen LogP contribution in [0, 0.1) is 0 Å². The Morgan fingerprint density at radius 1 is 1.43 bits per heavy atom. The average Bonchev–Trinajstić information content (AvgIpc) is 2.20. The Bertz CT molecular complexity index is 310. The van der Waals surface area contributed by atoms with Crippen molar-refractivity contribution in [3.05, 3.63) is 23.8 Å². The fraction of sp³-hybridized carbons (Fsp3) is 0.300. The average molecular weight is 197 g/mol. The first-order valence-electron chi connectivity index (χ1n) is 4.32. The van der Waals surface area contributed by atoms with Gasteiger partial charge in [-0.25, -0.2) is 4.79 Å². The molecule has 0 bridgehead atoms. The smallest absolute Gasteiger partial charge is 0.339 e. The number of aromatic carboxylic acids is 1. The molecule has 1 aromatic rings. The highest BCUT2D eigenvalue weighted by Crippen LogP contribution is 2.20. The third-order valence-corrected chi connectivity index (χ3v) is 1.46. The van der Waals surface area contributed by atoms with Crippen molar-refractivity contribution in [2.75, 3.05) is 12.8 Å². The van der Waals surface area contributed by atoms with Crippen LogP contribution in [0.2, 0.25) is 0 Å². The van der Waals surface area contributed by atoms with Gasteiger partial charge in [-0.05, 0) is 12.1 Å². The number of anilines is 1. The number of rotatable bonds is 2. The van der Waals surface area contributed by atoms with E-state index in [1.807, 2.05) is 13.8 Å². The molecule has 0 aliphatic heterocycles. The minimum atomic E-state index is -1.02. The number of hydrogen-bond donors (Lipinski definition) is 2. The lowest BCUT2D eigenvalue weighted by Gasteiger charge is -2.04. The van der Waals surface area contributed by atoms with Gasteiger partial charge in [-0.2, -0.15) is 0 Å². The van der Waals surface area contributed by atoms with Crippen LogP contribution >= 0.6 is 0 Å². The number of nitrogen functional groups attached to an aromatic ring is 1. The molecule has 0 heterocycles. The summed E-state index contributed by atoms with van der Waals surface area (Å²) in [5.41, 5.74) is 6.03. The number of methoxy groups -OCH3 is 1. The van der Waals surface area contributed by atoms with Gasteiger partial charge in [-0.1, -0.05) is 13.8 Å². The maximum atomic E-state index is 10.6. The van der Waals surface area contributed by atoms with Crippen LogP contribution in [0.1, 0.15) is 24.2 Å². The molecule has 0 aliphatic rings. The number of ether oxygens (including phenoxy) is 1. The van der Waals surface area contributed by atoms with Gasteiger partial charge in [0, 0.05) is 11.8 Å². The van der Waals surface area contributed by atoms with Crippen molar-refractivity contribution >= 4 is 11.7 Å². The molecule has 0 amide bonds. The lowest BCUT2D eigenvalue weighted by Crippen LogP contribution is -2.00. The maximum Gasteiger partial charge on any atom is 0.339 e. The maximum absolute atomic E-state index is 10.6. The fourth-order valence-corrected chi connectivity index (χ4v) is 0.884. The molecule has 4 heteroatoms. The van der Waals surface area contributed by atoms with Gasteiger partial charge in [0.2, 0.25) is 0 Å². The first kappa shape index (κ1) is 12.3. The summed E-state index contributed by atoms with van der Waals surface area (Å²) in [6.07, 6.45) is 0. The summed E-state index contributed by atoms with van der Waals surface area (Å²) in [5, 5.41) is 8.67. The van der Waals surface area contributed by atoms with Crippen molar-refractivity contribution in [1.82, 2.24) is 0 Å². The Hall–Kier alpha value is -1.71. The van der Waals surface area contributed by atoms with Gasteiger partial charge in [-0.3, -0.25) is 0 Å². The lowest BCUT2D eigenvalue weighted by molar-refractivity contribution is 0.0693. The summed E-state index contributed by atoms with van der Waals surface area (Å²) < 4.78 is 4.83. The summed E-state index contributed by atoms with van der Waals surface area (Å²) in [6, 6.07) is 4.41. The minimum absolute atomic E-state index is 0.117. The van der Waals surface area contributed by atoms with Gasteiger partial charge in [0.25, 0.3) is 0 Å². The summed E-state index contributed by atoms with van der Waals surface area (Å²) in [4.78, 5) is 10.6. The number of benzene rings is 1. The van der Waals surface area contributed by atoms with E-state index in [4.69, 9.17) is 15.6 Å². The molecule has 0 fully saturated rings. The third kappa shape index (κ3) is 2.97. The van der Waals surface area contributed by atoms with E-state index in [0.717, 1.165) is 0 Å². The second-order valence-electron chi connectivity index (χ2n) is 2.26. The zero-order valence-electron chi connectivity index (χ0n) is 8.57. The molecule has 1 rings (SSSR count). The van der Waals surface area contributed by atoms with Crippen LogP contribution in [0.15, 0.2) is 18.2 Å². The van der Waals surface area contributed by atoms with Crippen LogP contribution in [-0.4, -0.2) is 18.2 Å². The summed E-state index contributed by atoms with van der Waals surface area (Å²) in [6.45, 7) is 4.00. The zero-order valence-corrected chi connectivity index (χ0v) is 8.57. The Labute approximate surface area is 83.3 Å². The van der Waals surface area contributed by atoms with Crippen molar-refractivity contribution in [2.45, 2.75) is 13.8 Å². The molecule has 0 aliphatic carbocycles. The predicted molar refractivity (Wildman–Crippen MR) is 55.7 cm³/mol. The van der Waals surface area contributed by atoms with E-state index in [1.165, 1.54) is 25.3 Å². The molecular weight excluding hydrogens is 182 g/mol. The summed E-state index contributed by atoms with van der Waals surface area (Å²) >= 11 is 0. The molecule has 1 aromatic carbocycles. The molecular formula is C10H15NO3. The standard InChI is InChI=1S/C8H9NO3.C2H6/c1-12-7-4-5(9)2-3-6(7)8(10)11;1-2/h2-4H,9H2,1H3,(H,10,11);1-2H3. The van der Waals surface area contributed by atoms with Gasteiger partial charge in [-0.15, -0.1) is 0 Å². The van der Waals surface area contributed by atoms with Gasteiger partial charge in [0.1, 0.15) is 11.3 Å². The Morgan fingerprint density at radius 2 is 2.00 bits per heavy atom. The molecule has 0 aromatic heterocycles. The van der Waals surface area contributed by atoms with Gasteiger partial charge < -0.3 is 15.6 Å². The molecule has 0 atom stereocenters. The second kappa shape index (κ2) is 5.85. The largest absolute Gasteiger partial charge is 0.496 e. The number of nitrogens with two attached hydrogens (primary N) is 1. The van der Waals surface area contributed by atoms with E-state index in [9.17, 15) is 4.79 Å². The van der Waals surface area contributed by atoms with E-state index >= 15 is 0 Å². The molecule has 4 nitrogen and oxygen atoms in total. The Kier molecular flexibility index (Phi) is 5.14. The summed E-state index contributed by atoms with van der Waals surface area (Å²) in [5.74, 6) is -0.741. The lowest BCUT2D eigenvalue weighted by atomic mass is 10.2. The van der Waals surface area contributed by atoms with E-state index in [1.54, 1.807) is 0 Å². The zero-order chi connectivity index (χ0) is 11.1. The molecule has 78 valence electrons. The molecule has 0 saturated carbocycles. The van der Waals surface area contributed by atoms with E-state index in [-0.39, 0.29) is 11.3 Å². The SMILES string of the molecule is CC.COc1cc(N)ccc1C(=O)O. The highest BCUT2D eigenvalue weighted by atomic mass is 16.5. The van der Waals surface area contributed by atoms with Crippen molar-refractivity contribution < 1.29 is 14.6 Å². The van der Waals surface area contributed by atoms with Crippen LogP contribution in [0.4, 0.5) is 5.69 Å². The number of carboxylic acids is 1. The third-order valence-electron chi connectivity index (χ3n) is 1.46. The first-order chi connectivity index (χ1) is 6.65. The van der Waals surface area contributed by atoms with Crippen LogP contribution in [0.5, 0.6) is 5.75 Å². The minimum Gasteiger partial charge on any atom is -0.496 e. The highest BCUT2D eigenvalue weighted by Gasteiger charge is 2.09. The van der Waals surface area contributed by atoms with Crippen LogP contribution < -0.4 is 10.5 Å². The van der Waals surface area contributed by atoms with Crippen LogP contribution in [-0.2, 0) is 0 Å². The van der Waals surface area contributed by atoms with Crippen LogP contribution in [0.25, 0.3) is 0 Å². The number of carboxylic acid groups (broad SMARTS) is 1. The first-order valence-corrected chi connectivity index (χ1v) is 4.32. The van der Waals surface area contributed by atoms with Crippen molar-refractivity contribution in [1.29, 1.82) is 0 Å². The van der Waals surface area contributed by atoms with Gasteiger partial charge in [0.15, 0.2) is 0 Å². The van der Waals surface area contributed by atoms with E-state index in [0.29, 0.717) is 5.69 Å². The topological polar surface area (TPSA) is 72.5 Å². The normalized spacial score (nSPS) is 8.50. The second-order valence-corrected chi connectivity index (χ2v) is 2.26. The summed E-state index contributed by atoms with van der Waals surface area (Å²) in [7, 11) is 1.40. The van der Waals surface area contributed by atoms with Gasteiger partial charge in [0.05, 0.1) is 7.11 Å². The molecule has 14 heavy (non-hydrogen) atoms. The number of hydrogen-bond acceptors (Lipinski definition) is 3. The number of carbonyl (C=O) groups is 1. The van der Waals surface area contributed by atoms with Crippen molar-refractivity contribution in [3.8, 4) is 5.75 Å². The quantitative estimate of drug-likeness (QED) is 0.711. The van der Waals surface area contributed by atoms with E-state index in [2.05, 4.69) is 0 Å². The Morgan fingerprint density at radius 3 is 2.43 bits per heavy atom. The fourth-order valence-electron chi connectivity index (χ4n) is 0.884. The van der Waals surface area contributed by atoms with Gasteiger partial charge >= 0.3 is 5.97 Å². The van der Waals surface area contributed by atoms with Crippen molar-refractivity contribution in [2.24, 2.45) is 0 Å². The van der Waals surface area contributed by atoms with E-state index < -0.39 is 5.97 Å². The highest BCUT2D eigenvalue weighted by molar-refractivity contribution is 5.91. The molecule has 0 radical (unpaired) electrons. The molecule has 3 N–H and O–H groups in total. The van der Waals surface area contributed by atoms with Crippen LogP contribution in [0.3, 0.4) is 0 Å².